The summed E-state index contributed by atoms with van der Waals surface area (Å²) in [6.07, 6.45) is 2.36. The van der Waals surface area contributed by atoms with E-state index in [1.807, 2.05) is 13.8 Å². The predicted molar refractivity (Wildman–Crippen MR) is 154 cm³/mol. The highest BCUT2D eigenvalue weighted by atomic mass is 35.5. The summed E-state index contributed by atoms with van der Waals surface area (Å²) in [7, 11) is -4.12. The van der Waals surface area contributed by atoms with Crippen LogP contribution in [0.25, 0.3) is 0 Å². The van der Waals surface area contributed by atoms with Gasteiger partial charge in [-0.05, 0) is 62.1 Å². The van der Waals surface area contributed by atoms with Gasteiger partial charge in [-0.25, -0.2) is 13.2 Å². The molecule has 2 aliphatic rings. The van der Waals surface area contributed by atoms with E-state index in [1.54, 1.807) is 4.90 Å². The molecular formula is C27H38Cl2N4O7S. The van der Waals surface area contributed by atoms with Crippen LogP contribution in [0, 0.1) is 11.8 Å². The molecule has 1 aromatic carbocycles. The summed E-state index contributed by atoms with van der Waals surface area (Å²) in [5.74, 6) is -1.68. The van der Waals surface area contributed by atoms with Gasteiger partial charge >= 0.3 is 5.97 Å². The van der Waals surface area contributed by atoms with Crippen LogP contribution in [-0.4, -0.2) is 84.7 Å². The molecule has 2 aliphatic heterocycles. The first-order chi connectivity index (χ1) is 19.3. The Bertz CT molecular complexity index is 1220. The zero-order chi connectivity index (χ0) is 30.3. The summed E-state index contributed by atoms with van der Waals surface area (Å²) in [4.78, 5) is 51.2. The summed E-state index contributed by atoms with van der Waals surface area (Å²) >= 11 is 11.9. The zero-order valence-corrected chi connectivity index (χ0v) is 25.6. The molecule has 14 heteroatoms. The number of nitrogens with zero attached hydrogens (tertiary/aromatic N) is 2. The standard InChI is InChI=1S/C27H38Cl2N4O7S/c1-17(2)12-24(34)30-16-18-7-10-32(11-8-18)25(35)6-5-22(27(37)38)31-26(36)23-4-3-9-33(23)41(39,40)21-14-19(28)13-20(29)15-21/h13-15,17-18,22-23H,3-12,16H2,1-2H3,(H,30,34)(H,31,36)(H,37,38)/t22-,23-/m0/s1. The Morgan fingerprint density at radius 2 is 1.66 bits per heavy atom. The molecule has 3 rings (SSSR count). The molecular weight excluding hydrogens is 595 g/mol. The molecule has 2 atom stereocenters. The average Bonchev–Trinajstić information content (AvgIpc) is 3.40. The third-order valence-corrected chi connectivity index (χ3v) is 9.68. The number of likely N-dealkylation sites (tertiary alicyclic amines) is 1. The number of sulfonamides is 1. The minimum Gasteiger partial charge on any atom is -0.480 e. The number of hydrogen-bond donors (Lipinski definition) is 3. The van der Waals surface area contributed by atoms with E-state index in [9.17, 15) is 32.7 Å². The van der Waals surface area contributed by atoms with Crippen LogP contribution in [0.5, 0.6) is 0 Å². The largest absolute Gasteiger partial charge is 0.480 e. The first kappa shape index (κ1) is 33.1. The molecule has 0 saturated carbocycles. The maximum absolute atomic E-state index is 13.2. The number of piperidine rings is 1. The Kier molecular flexibility index (Phi) is 11.8. The van der Waals surface area contributed by atoms with E-state index < -0.39 is 34.0 Å². The second-order valence-electron chi connectivity index (χ2n) is 11.0. The summed E-state index contributed by atoms with van der Waals surface area (Å²) in [6.45, 7) is 5.64. The second kappa shape index (κ2) is 14.7. The first-order valence-electron chi connectivity index (χ1n) is 13.8. The third-order valence-electron chi connectivity index (χ3n) is 7.36. The van der Waals surface area contributed by atoms with Crippen molar-refractivity contribution in [3.63, 3.8) is 0 Å². The van der Waals surface area contributed by atoms with Crippen molar-refractivity contribution in [1.82, 2.24) is 19.8 Å². The van der Waals surface area contributed by atoms with Crippen molar-refractivity contribution in [2.45, 2.75) is 75.8 Å². The number of amides is 3. The van der Waals surface area contributed by atoms with Crippen LogP contribution in [0.15, 0.2) is 23.1 Å². The SMILES string of the molecule is CC(C)CC(=O)NCC1CCN(C(=O)CC[C@H](NC(=O)[C@@H]2CCCN2S(=O)(=O)c2cc(Cl)cc(Cl)c2)C(=O)O)CC1. The lowest BCUT2D eigenvalue weighted by Gasteiger charge is -2.32. The number of carboxylic acid groups (broad SMARTS) is 1. The predicted octanol–water partition coefficient (Wildman–Crippen LogP) is 2.90. The van der Waals surface area contributed by atoms with Gasteiger partial charge in [-0.3, -0.25) is 14.4 Å². The molecule has 1 aromatic rings. The fraction of sp³-hybridized carbons (Fsp3) is 0.630. The summed E-state index contributed by atoms with van der Waals surface area (Å²) in [5.41, 5.74) is 0. The Labute approximate surface area is 251 Å². The smallest absolute Gasteiger partial charge is 0.326 e. The van der Waals surface area contributed by atoms with Crippen molar-refractivity contribution in [3.05, 3.63) is 28.2 Å². The fourth-order valence-electron chi connectivity index (χ4n) is 5.14. The van der Waals surface area contributed by atoms with Crippen LogP contribution < -0.4 is 10.6 Å². The fourth-order valence-corrected chi connectivity index (χ4v) is 7.53. The second-order valence-corrected chi connectivity index (χ2v) is 13.8. The van der Waals surface area contributed by atoms with E-state index in [0.717, 1.165) is 17.1 Å². The molecule has 3 N–H and O–H groups in total. The van der Waals surface area contributed by atoms with Gasteiger partial charge < -0.3 is 20.6 Å². The third kappa shape index (κ3) is 9.29. The highest BCUT2D eigenvalue weighted by Gasteiger charge is 2.41. The highest BCUT2D eigenvalue weighted by molar-refractivity contribution is 7.89. The van der Waals surface area contributed by atoms with Gasteiger partial charge in [0.25, 0.3) is 0 Å². The number of hydrogen-bond acceptors (Lipinski definition) is 6. The van der Waals surface area contributed by atoms with Crippen molar-refractivity contribution < 1.29 is 32.7 Å². The van der Waals surface area contributed by atoms with Crippen molar-refractivity contribution in [1.29, 1.82) is 0 Å². The van der Waals surface area contributed by atoms with E-state index in [2.05, 4.69) is 10.6 Å². The van der Waals surface area contributed by atoms with Crippen LogP contribution in [0.1, 0.15) is 58.8 Å². The minimum absolute atomic E-state index is 0.0208. The molecule has 228 valence electrons. The Morgan fingerprint density at radius 3 is 2.24 bits per heavy atom. The van der Waals surface area contributed by atoms with E-state index >= 15 is 0 Å². The number of halogens is 2. The van der Waals surface area contributed by atoms with E-state index in [4.69, 9.17) is 23.2 Å². The zero-order valence-electron chi connectivity index (χ0n) is 23.3. The topological polar surface area (TPSA) is 153 Å². The molecule has 0 bridgehead atoms. The molecule has 41 heavy (non-hydrogen) atoms. The van der Waals surface area contributed by atoms with Gasteiger partial charge in [0.15, 0.2) is 0 Å². The Morgan fingerprint density at radius 1 is 1.02 bits per heavy atom. The van der Waals surface area contributed by atoms with Crippen LogP contribution in [0.2, 0.25) is 10.0 Å². The number of carbonyl (C=O) groups excluding carboxylic acids is 3. The number of aliphatic carboxylic acids is 1. The van der Waals surface area contributed by atoms with Gasteiger partial charge in [0.05, 0.1) is 4.90 Å². The quantitative estimate of drug-likeness (QED) is 0.320. The molecule has 2 heterocycles. The molecule has 2 saturated heterocycles. The van der Waals surface area contributed by atoms with Crippen molar-refractivity contribution in [2.75, 3.05) is 26.2 Å². The Balaban J connectivity index is 1.52. The number of benzene rings is 1. The first-order valence-corrected chi connectivity index (χ1v) is 16.0. The number of carboxylic acids is 1. The normalized spacial score (nSPS) is 19.2. The van der Waals surface area contributed by atoms with Crippen molar-refractivity contribution in [2.24, 2.45) is 11.8 Å². The van der Waals surface area contributed by atoms with Gasteiger partial charge in [-0.15, -0.1) is 0 Å². The lowest BCUT2D eigenvalue weighted by molar-refractivity contribution is -0.143. The van der Waals surface area contributed by atoms with Crippen LogP contribution in [0.4, 0.5) is 0 Å². The number of rotatable bonds is 12. The molecule has 3 amide bonds. The molecule has 0 spiro atoms. The van der Waals surface area contributed by atoms with Gasteiger partial charge in [-0.2, -0.15) is 4.31 Å². The van der Waals surface area contributed by atoms with Gasteiger partial charge in [-0.1, -0.05) is 37.0 Å². The van der Waals surface area contributed by atoms with Crippen molar-refractivity contribution in [3.8, 4) is 0 Å². The molecule has 2 fully saturated rings. The van der Waals surface area contributed by atoms with Gasteiger partial charge in [0.2, 0.25) is 27.7 Å². The maximum atomic E-state index is 13.2. The van der Waals surface area contributed by atoms with Gasteiger partial charge in [0.1, 0.15) is 12.1 Å². The van der Waals surface area contributed by atoms with E-state index in [0.29, 0.717) is 32.5 Å². The Hall–Kier alpha value is -2.41. The van der Waals surface area contributed by atoms with Gasteiger partial charge in [0, 0.05) is 49.1 Å². The molecule has 0 aliphatic carbocycles. The van der Waals surface area contributed by atoms with Crippen molar-refractivity contribution >= 4 is 56.9 Å². The van der Waals surface area contributed by atoms with Crippen LogP contribution >= 0.6 is 23.2 Å². The number of carbonyl (C=O) groups is 4. The minimum atomic E-state index is -4.12. The molecule has 0 unspecified atom stereocenters. The summed E-state index contributed by atoms with van der Waals surface area (Å²) in [6, 6.07) is 1.42. The molecule has 11 nitrogen and oxygen atoms in total. The van der Waals surface area contributed by atoms with Crippen LogP contribution in [-0.2, 0) is 29.2 Å². The van der Waals surface area contributed by atoms with Crippen LogP contribution in [0.3, 0.4) is 0 Å². The van der Waals surface area contributed by atoms with E-state index in [-0.39, 0.29) is 64.4 Å². The monoisotopic (exact) mass is 632 g/mol. The van der Waals surface area contributed by atoms with E-state index in [1.165, 1.54) is 18.2 Å². The summed E-state index contributed by atoms with van der Waals surface area (Å²) < 4.78 is 27.5. The lowest BCUT2D eigenvalue weighted by Crippen LogP contribution is -2.51. The lowest BCUT2D eigenvalue weighted by atomic mass is 9.96. The average molecular weight is 634 g/mol. The summed E-state index contributed by atoms with van der Waals surface area (Å²) in [5, 5.41) is 15.3. The molecule has 0 aromatic heterocycles. The number of nitrogens with one attached hydrogen (secondary N) is 2. The maximum Gasteiger partial charge on any atom is 0.326 e. The highest BCUT2D eigenvalue weighted by Crippen LogP contribution is 2.30. The molecule has 0 radical (unpaired) electrons.